The normalized spacial score (nSPS) is 18.1. The van der Waals surface area contributed by atoms with Crippen molar-refractivity contribution < 1.29 is 19.0 Å². The lowest BCUT2D eigenvalue weighted by Crippen LogP contribution is -2.33. The second-order valence-electron chi connectivity index (χ2n) is 7.80. The minimum absolute atomic E-state index is 0.00424. The minimum Gasteiger partial charge on any atom is -0.496 e. The number of nitrogens with zero attached hydrogens (tertiary/aromatic N) is 3. The molecule has 0 aliphatic carbocycles. The number of carbonyl (C=O) groups excluding carboxylic acids is 1. The number of halogens is 1. The van der Waals surface area contributed by atoms with E-state index < -0.39 is 5.82 Å². The smallest absolute Gasteiger partial charge is 0.185 e. The van der Waals surface area contributed by atoms with E-state index in [-0.39, 0.29) is 48.0 Å². The van der Waals surface area contributed by atoms with Gasteiger partial charge in [-0.1, -0.05) is 24.3 Å². The summed E-state index contributed by atoms with van der Waals surface area (Å²) in [7, 11) is 1.44. The van der Waals surface area contributed by atoms with Crippen LogP contribution in [0.3, 0.4) is 0 Å². The Labute approximate surface area is 185 Å². The number of anilines is 1. The number of para-hydroxylation sites is 1. The molecule has 0 radical (unpaired) electrons. The molecular formula is C24H25FN4O3. The van der Waals surface area contributed by atoms with Gasteiger partial charge in [-0.15, -0.1) is 0 Å². The van der Waals surface area contributed by atoms with Crippen molar-refractivity contribution in [2.45, 2.75) is 24.9 Å². The van der Waals surface area contributed by atoms with Gasteiger partial charge in [0.15, 0.2) is 11.6 Å². The van der Waals surface area contributed by atoms with Crippen molar-refractivity contribution in [3.05, 3.63) is 71.8 Å². The van der Waals surface area contributed by atoms with E-state index in [0.717, 1.165) is 11.3 Å². The van der Waals surface area contributed by atoms with Gasteiger partial charge in [-0.05, 0) is 36.2 Å². The molecule has 7 nitrogen and oxygen atoms in total. The molecule has 1 aliphatic heterocycles. The maximum Gasteiger partial charge on any atom is 0.185 e. The lowest BCUT2D eigenvalue weighted by molar-refractivity contribution is 0.0988. The number of aliphatic hydroxyl groups is 1. The van der Waals surface area contributed by atoms with Crippen LogP contribution in [0.2, 0.25) is 0 Å². The van der Waals surface area contributed by atoms with Crippen LogP contribution in [0.4, 0.5) is 10.1 Å². The molecule has 0 bridgehead atoms. The number of hydrogen-bond donors (Lipinski definition) is 2. The molecule has 1 aromatic heterocycles. The van der Waals surface area contributed by atoms with E-state index in [1.807, 2.05) is 24.3 Å². The number of carbonyl (C=O) groups is 1. The van der Waals surface area contributed by atoms with Crippen LogP contribution >= 0.6 is 0 Å². The zero-order valence-electron chi connectivity index (χ0n) is 17.7. The summed E-state index contributed by atoms with van der Waals surface area (Å²) in [5.41, 5.74) is 8.09. The van der Waals surface area contributed by atoms with Crippen LogP contribution in [0.5, 0.6) is 5.75 Å². The van der Waals surface area contributed by atoms with Gasteiger partial charge in [0.25, 0.3) is 0 Å². The SMILES string of the molecule is COc1cccc(F)c1-c1nccc(C(=O)Cc2ccccc2N2C[C@@H](N)C[C@H]2CO)n1. The molecule has 0 unspecified atom stereocenters. The second-order valence-corrected chi connectivity index (χ2v) is 7.80. The standard InChI is InChI=1S/C24H25FN4O3/c1-32-22-8-4-6-18(25)23(22)24-27-10-9-19(28-24)21(31)11-15-5-2-3-7-20(15)29-13-16(26)12-17(29)14-30/h2-10,16-17,30H,11-14,26H2,1H3/t16-,17-/m0/s1. The van der Waals surface area contributed by atoms with Crippen LogP contribution in [-0.4, -0.2) is 53.2 Å². The fourth-order valence-corrected chi connectivity index (χ4v) is 4.15. The number of Topliss-reactive ketones (excluding diaryl/α,β-unsaturated/α-hetero) is 1. The van der Waals surface area contributed by atoms with E-state index in [1.54, 1.807) is 6.07 Å². The number of ketones is 1. The van der Waals surface area contributed by atoms with Gasteiger partial charge in [0.05, 0.1) is 25.3 Å². The molecule has 1 fully saturated rings. The van der Waals surface area contributed by atoms with Gasteiger partial charge >= 0.3 is 0 Å². The molecule has 166 valence electrons. The van der Waals surface area contributed by atoms with E-state index >= 15 is 0 Å². The molecule has 3 aromatic rings. The highest BCUT2D eigenvalue weighted by atomic mass is 19.1. The Bertz CT molecular complexity index is 1120. The first-order valence-electron chi connectivity index (χ1n) is 10.4. The first-order chi connectivity index (χ1) is 15.5. The van der Waals surface area contributed by atoms with Gasteiger partial charge in [-0.3, -0.25) is 4.79 Å². The number of methoxy groups -OCH3 is 1. The first kappa shape index (κ1) is 21.9. The molecule has 3 N–H and O–H groups in total. The largest absolute Gasteiger partial charge is 0.496 e. The molecule has 2 aromatic carbocycles. The lowest BCUT2D eigenvalue weighted by Gasteiger charge is -2.27. The van der Waals surface area contributed by atoms with Gasteiger partial charge in [0.1, 0.15) is 17.3 Å². The third kappa shape index (κ3) is 4.32. The molecule has 8 heteroatoms. The summed E-state index contributed by atoms with van der Waals surface area (Å²) in [6, 6.07) is 13.4. The van der Waals surface area contributed by atoms with Crippen molar-refractivity contribution in [1.82, 2.24) is 9.97 Å². The zero-order valence-corrected chi connectivity index (χ0v) is 17.7. The Balaban J connectivity index is 1.63. The molecule has 1 aliphatic rings. The molecule has 0 spiro atoms. The van der Waals surface area contributed by atoms with Crippen LogP contribution in [0.1, 0.15) is 22.5 Å². The zero-order chi connectivity index (χ0) is 22.7. The number of aromatic nitrogens is 2. The van der Waals surface area contributed by atoms with E-state index in [0.29, 0.717) is 18.7 Å². The Morgan fingerprint density at radius 3 is 2.84 bits per heavy atom. The summed E-state index contributed by atoms with van der Waals surface area (Å²) in [5, 5.41) is 9.75. The predicted octanol–water partition coefficient (Wildman–Crippen LogP) is 2.62. The minimum atomic E-state index is -0.528. The van der Waals surface area contributed by atoms with Crippen LogP contribution in [0.25, 0.3) is 11.4 Å². The average molecular weight is 436 g/mol. The lowest BCUT2D eigenvalue weighted by atomic mass is 10.0. The molecule has 4 rings (SSSR count). The van der Waals surface area contributed by atoms with E-state index in [2.05, 4.69) is 14.9 Å². The van der Waals surface area contributed by atoms with E-state index in [9.17, 15) is 14.3 Å². The Morgan fingerprint density at radius 1 is 1.25 bits per heavy atom. The number of ether oxygens (including phenoxy) is 1. The quantitative estimate of drug-likeness (QED) is 0.549. The number of hydrogen-bond acceptors (Lipinski definition) is 7. The second kappa shape index (κ2) is 9.42. The molecule has 2 atom stereocenters. The summed E-state index contributed by atoms with van der Waals surface area (Å²) < 4.78 is 19.7. The molecular weight excluding hydrogens is 411 g/mol. The maximum absolute atomic E-state index is 14.4. The van der Waals surface area contributed by atoms with Crippen molar-refractivity contribution in [2.75, 3.05) is 25.2 Å². The topological polar surface area (TPSA) is 102 Å². The summed E-state index contributed by atoms with van der Waals surface area (Å²) >= 11 is 0. The average Bonchev–Trinajstić information content (AvgIpc) is 3.19. The Kier molecular flexibility index (Phi) is 6.43. The first-order valence-corrected chi connectivity index (χ1v) is 10.4. The van der Waals surface area contributed by atoms with Crippen molar-refractivity contribution in [1.29, 1.82) is 0 Å². The highest BCUT2D eigenvalue weighted by Crippen LogP contribution is 2.31. The maximum atomic E-state index is 14.4. The number of aliphatic hydroxyl groups excluding tert-OH is 1. The fraction of sp³-hybridized carbons (Fsp3) is 0.292. The predicted molar refractivity (Wildman–Crippen MR) is 119 cm³/mol. The number of rotatable bonds is 7. The third-order valence-electron chi connectivity index (χ3n) is 5.67. The van der Waals surface area contributed by atoms with Crippen LogP contribution in [-0.2, 0) is 6.42 Å². The molecule has 0 amide bonds. The van der Waals surface area contributed by atoms with Crippen molar-refractivity contribution >= 4 is 11.5 Å². The molecule has 32 heavy (non-hydrogen) atoms. The number of benzene rings is 2. The van der Waals surface area contributed by atoms with Crippen molar-refractivity contribution in [3.8, 4) is 17.1 Å². The summed E-state index contributed by atoms with van der Waals surface area (Å²) in [5.74, 6) is -0.370. The van der Waals surface area contributed by atoms with E-state index in [4.69, 9.17) is 10.5 Å². The monoisotopic (exact) mass is 436 g/mol. The molecule has 1 saturated heterocycles. The molecule has 0 saturated carbocycles. The Morgan fingerprint density at radius 2 is 2.06 bits per heavy atom. The van der Waals surface area contributed by atoms with Gasteiger partial charge in [-0.2, -0.15) is 0 Å². The summed E-state index contributed by atoms with van der Waals surface area (Å²) in [4.78, 5) is 23.6. The highest BCUT2D eigenvalue weighted by molar-refractivity contribution is 5.97. The van der Waals surface area contributed by atoms with Gasteiger partial charge in [0, 0.05) is 30.9 Å². The third-order valence-corrected chi connectivity index (χ3v) is 5.67. The van der Waals surface area contributed by atoms with Gasteiger partial charge in [0.2, 0.25) is 0 Å². The highest BCUT2D eigenvalue weighted by Gasteiger charge is 2.31. The van der Waals surface area contributed by atoms with Crippen LogP contribution in [0, 0.1) is 5.82 Å². The summed E-state index contributed by atoms with van der Waals surface area (Å²) in [6.45, 7) is 0.608. The van der Waals surface area contributed by atoms with Crippen LogP contribution < -0.4 is 15.4 Å². The van der Waals surface area contributed by atoms with Crippen molar-refractivity contribution in [3.63, 3.8) is 0 Å². The molecule has 2 heterocycles. The number of nitrogens with two attached hydrogens (primary N) is 1. The van der Waals surface area contributed by atoms with Crippen LogP contribution in [0.15, 0.2) is 54.7 Å². The van der Waals surface area contributed by atoms with Gasteiger partial charge < -0.3 is 20.5 Å². The van der Waals surface area contributed by atoms with E-state index in [1.165, 1.54) is 31.5 Å². The fourth-order valence-electron chi connectivity index (χ4n) is 4.15. The Hall–Kier alpha value is -3.36. The van der Waals surface area contributed by atoms with Gasteiger partial charge in [-0.25, -0.2) is 14.4 Å². The van der Waals surface area contributed by atoms with Crippen molar-refractivity contribution in [2.24, 2.45) is 5.73 Å². The summed E-state index contributed by atoms with van der Waals surface area (Å²) in [6.07, 6.45) is 2.23.